The molecule has 53 nitrogen and oxygen atoms in total. The van der Waals surface area contributed by atoms with Crippen LogP contribution in [0.3, 0.4) is 0 Å². The number of nitrogen functional groups attached to an aromatic ring is 3. The first-order valence-electron chi connectivity index (χ1n) is 30.1. The molecule has 0 saturated carbocycles. The van der Waals surface area contributed by atoms with E-state index in [4.69, 9.17) is 40.9 Å². The minimum atomic E-state index is -4.43. The first-order valence-corrected chi connectivity index (χ1v) is 42.9. The Bertz CT molecular complexity index is 4790. The quantitative estimate of drug-likeness (QED) is 0.0316. The molecule has 0 bridgehead atoms. The van der Waals surface area contributed by atoms with Crippen molar-refractivity contribution in [3.63, 3.8) is 0 Å². The molecule has 110 heavy (non-hydrogen) atoms. The Morgan fingerprint density at radius 2 is 0.855 bits per heavy atom. The molecule has 12 heterocycles. The first-order chi connectivity index (χ1) is 51.0. The van der Waals surface area contributed by atoms with Gasteiger partial charge in [0.25, 0.3) is 11.1 Å². The number of fused-ring (bicyclic) bond motifs is 2. The fraction of sp³-hybridized carbons (Fsp3) is 0.553. The van der Waals surface area contributed by atoms with Gasteiger partial charge in [-0.1, -0.05) is 33.6 Å². The number of carbonyl (C=O) groups is 2. The smallest absolute Gasteiger partial charge is 0.351 e. The largest absolute Gasteiger partial charge is 0.812 e. The fourth-order valence-electron chi connectivity index (χ4n) is 10.5. The predicted octanol–water partition coefficient (Wildman–Crippen LogP) is -17.8. The number of aliphatic hydroxyl groups excluding tert-OH is 10. The predicted molar refractivity (Wildman–Crippen MR) is 358 cm³/mol. The van der Waals surface area contributed by atoms with Crippen LogP contribution < -0.4 is 93.9 Å². The number of aliphatic imine (C=N–C) groups is 1. The summed E-state index contributed by atoms with van der Waals surface area (Å²) in [5.74, 6) is -1.87. The first kappa shape index (κ1) is 90.3. The van der Waals surface area contributed by atoms with Crippen LogP contribution in [-0.4, -0.2) is 258 Å². The second kappa shape index (κ2) is 37.1. The van der Waals surface area contributed by atoms with Gasteiger partial charge in [0, 0.05) is 24.7 Å². The number of anilines is 3. The molecule has 0 radical (unpaired) electrons. The van der Waals surface area contributed by atoms with Gasteiger partial charge in [-0.15, -0.1) is 59.0 Å². The summed E-state index contributed by atoms with van der Waals surface area (Å²) in [5, 5.41) is 101. The summed E-state index contributed by atoms with van der Waals surface area (Å²) in [6, 6.07) is 1.49. The maximum Gasteiger partial charge on any atom is 0.351 e. The Balaban J connectivity index is 0.000000173. The summed E-state index contributed by atoms with van der Waals surface area (Å²) in [5.41, 5.74) is 14.2. The number of amides is 3. The van der Waals surface area contributed by atoms with Crippen molar-refractivity contribution in [3.8, 4) is 0 Å². The lowest BCUT2D eigenvalue weighted by Gasteiger charge is -2.35. The van der Waals surface area contributed by atoms with Crippen molar-refractivity contribution in [1.29, 1.82) is 0 Å². The van der Waals surface area contributed by atoms with Gasteiger partial charge in [-0.05, 0) is 6.07 Å². The van der Waals surface area contributed by atoms with Crippen molar-refractivity contribution in [2.75, 3.05) is 50.2 Å². The van der Waals surface area contributed by atoms with Gasteiger partial charge >= 0.3 is 17.4 Å². The lowest BCUT2D eigenvalue weighted by Crippen LogP contribution is -2.48. The topological polar surface area (TPSA) is 859 Å². The monoisotopic (exact) mass is 1750 g/mol. The van der Waals surface area contributed by atoms with Crippen LogP contribution in [0.4, 0.5) is 22.4 Å². The molecule has 3 amide bonds. The number of aromatic amines is 2. The van der Waals surface area contributed by atoms with E-state index in [0.29, 0.717) is 11.2 Å². The van der Waals surface area contributed by atoms with Crippen molar-refractivity contribution in [1.82, 2.24) is 63.5 Å². The van der Waals surface area contributed by atoms with Crippen LogP contribution in [0.5, 0.6) is 0 Å². The van der Waals surface area contributed by atoms with E-state index in [-0.39, 0.29) is 28.7 Å². The van der Waals surface area contributed by atoms with Crippen molar-refractivity contribution >= 4 is 151 Å². The van der Waals surface area contributed by atoms with Gasteiger partial charge in [-0.3, -0.25) is 47.9 Å². The molecule has 12 rings (SSSR count). The zero-order chi connectivity index (χ0) is 81.8. The summed E-state index contributed by atoms with van der Waals surface area (Å²) >= 11 is 20.3. The van der Waals surface area contributed by atoms with E-state index < -0.39 is 230 Å². The van der Waals surface area contributed by atoms with Crippen LogP contribution in [0.25, 0.3) is 22.3 Å². The van der Waals surface area contributed by atoms with E-state index in [9.17, 15) is 129 Å². The summed E-state index contributed by atoms with van der Waals surface area (Å²) in [6.45, 7) is -24.9. The highest BCUT2D eigenvalue weighted by Gasteiger charge is 2.51. The number of H-pyrrole nitrogens is 2. The highest BCUT2D eigenvalue weighted by molar-refractivity contribution is 8.06. The SMILES string of the molecule is Nc1ccn([C@@H]2O[C@H](COP([O-])([O-])=S)[C@H](O)C2O)c(=O)n1.Nc1nc2c(ncn2[C@@H]2O[C@H](COP([O-])([O-])=S)[C@H](O)C2O)c(=O)[nH]1.Nc1ncnc2c1ncn2[C@@H]1O[C@H](COP([O-])([O-])=S)[C@H](O)C1O.O=C1N=CC([C@@H]2O[C@H](COP([O-])([O-])=S)[C@H](O)C2O)C(=O)N1.O=c1ccn([C@@H]2O[C@H](COP([O-])([O-])=S)[C@H](O)C2O)c(=O)[nH]1. The maximum absolute atomic E-state index is 11.7. The molecule has 5 fully saturated rings. The third-order valence-electron chi connectivity index (χ3n) is 15.6. The molecule has 6 aliphatic rings. The number of nitrogens with one attached hydrogen (secondary N) is 3. The Kier molecular flexibility index (Phi) is 30.5. The average molecular weight is 1750 g/mol. The summed E-state index contributed by atoms with van der Waals surface area (Å²) < 4.78 is 52.8. The summed E-state index contributed by atoms with van der Waals surface area (Å²) in [7, 11) is 0. The second-order valence-electron chi connectivity index (χ2n) is 23.0. The number of aromatic nitrogens is 12. The Morgan fingerprint density at radius 3 is 1.27 bits per heavy atom. The van der Waals surface area contributed by atoms with Crippen LogP contribution in [0.15, 0.2) is 67.7 Å². The van der Waals surface area contributed by atoms with Crippen molar-refractivity contribution in [3.05, 3.63) is 85.2 Å². The zero-order valence-electron chi connectivity index (χ0n) is 54.3. The number of imidazole rings is 2. The summed E-state index contributed by atoms with van der Waals surface area (Å²) in [6.07, 6.45) is -19.2. The molecule has 6 aliphatic heterocycles. The number of ether oxygens (including phenoxy) is 5. The second-order valence-corrected chi connectivity index (χ2v) is 35.5. The van der Waals surface area contributed by atoms with E-state index in [1.165, 1.54) is 40.4 Å². The number of hydrogen-bond acceptors (Lipinski definition) is 50. The number of carbonyl (C=O) groups excluding carboxylic acids is 2. The van der Waals surface area contributed by atoms with Crippen LogP contribution in [0.2, 0.25) is 0 Å². The fourth-order valence-corrected chi connectivity index (χ4v) is 13.1. The zero-order valence-corrected chi connectivity index (χ0v) is 62.8. The average Bonchev–Trinajstić information content (AvgIpc) is 1.64. The van der Waals surface area contributed by atoms with E-state index in [1.54, 1.807) is 0 Å². The van der Waals surface area contributed by atoms with E-state index in [0.717, 1.165) is 27.6 Å². The lowest BCUT2D eigenvalue weighted by atomic mass is 9.95. The molecule has 6 aromatic rings. The molecular weight excluding hydrogens is 1690 g/mol. The van der Waals surface area contributed by atoms with E-state index in [2.05, 4.69) is 122 Å². The van der Waals surface area contributed by atoms with Crippen LogP contribution in [0.1, 0.15) is 24.9 Å². The van der Waals surface area contributed by atoms with Crippen LogP contribution >= 0.6 is 33.6 Å². The van der Waals surface area contributed by atoms with Crippen molar-refractivity contribution in [2.45, 2.75) is 123 Å². The molecule has 612 valence electrons. The third kappa shape index (κ3) is 23.7. The van der Waals surface area contributed by atoms with Gasteiger partial charge in [0.2, 0.25) is 11.9 Å². The number of aliphatic hydroxyl groups is 10. The molecule has 0 aliphatic carbocycles. The molecule has 21 atom stereocenters. The van der Waals surface area contributed by atoms with Crippen LogP contribution in [0, 0.1) is 5.92 Å². The Hall–Kier alpha value is -5.28. The number of hydrogen-bond donors (Lipinski definition) is 16. The van der Waals surface area contributed by atoms with Gasteiger partial charge in [0.15, 0.2) is 47.5 Å². The minimum Gasteiger partial charge on any atom is -0.812 e. The van der Waals surface area contributed by atoms with Crippen molar-refractivity contribution in [2.24, 2.45) is 10.9 Å². The molecule has 19 N–H and O–H groups in total. The van der Waals surface area contributed by atoms with Gasteiger partial charge in [-0.25, -0.2) is 39.3 Å². The highest BCUT2D eigenvalue weighted by Crippen LogP contribution is 2.39. The molecular formula is C47H58N17O36P5S5-10. The summed E-state index contributed by atoms with van der Waals surface area (Å²) in [4.78, 5) is 207. The lowest BCUT2D eigenvalue weighted by molar-refractivity contribution is -0.324. The normalized spacial score (nSPS) is 30.4. The Labute approximate surface area is 635 Å². The third-order valence-corrected chi connectivity index (χ3v) is 19.5. The van der Waals surface area contributed by atoms with Gasteiger partial charge in [0.1, 0.15) is 121 Å². The molecule has 5 saturated heterocycles. The molecule has 63 heteroatoms. The minimum absolute atomic E-state index is 0.0115. The molecule has 0 spiro atoms. The van der Waals surface area contributed by atoms with Gasteiger partial charge in [-0.2, -0.15) is 9.97 Å². The van der Waals surface area contributed by atoms with Gasteiger partial charge in [0.05, 0.1) is 45.7 Å². The standard InChI is InChI=1S/C10H14N5O7PS.C10H14N5O6PS.C9H14N3O7PS.2C9H13N2O8PS/c11-10-13-7-4(8(18)14-10)12-2-15(7)9-6(17)5(16)3(22-9)1-21-23(19,20)24;11-8-5-9(13-2-12-8)15(3-14-5)10-7(17)6(16)4(21-10)1-20-22(18,19)23;10-5-1-2-12(9(15)11-5)8-7(14)6(13)4(19-8)3-18-20(16,17)21;12-5-4(2-18-20(16,17)21)19-7(6(5)13)3-1-10-9(15)11-8(3)14;12-5-1-2-11(9(15)10-5)8-7(14)6(13)4(19-8)3-18-20(16,17)21/h2-3,5-6,9,16-17H,1H2,(H2,19,20,24)(H3,11,13,14,18);2-4,6-7,10,16-17H,1H2,(H2,11,12,13)(H2,18,19,23);1-2,4,6-8,13-14H,3H2,(H2,10,11,15)(H2,16,17,21);1,3-7,12-13H,2H2,(H,11,14,15)(H2,16,17,21);1-2,4,6-8,13-14H,3H2,(H,10,12,15)(H2,16,17,21)/p-10/t3-,5+,6?,9-;4-,6+,7?,10-;4-,6+,7?,8-;3?,4-,5+,6?,7+;4-,6+,7?,8-/m11111/s1. The van der Waals surface area contributed by atoms with Crippen molar-refractivity contribution < 1.29 is 156 Å². The van der Waals surface area contributed by atoms with E-state index >= 15 is 0 Å². The Morgan fingerprint density at radius 1 is 0.464 bits per heavy atom. The number of nitrogens with zero attached hydrogens (tertiary/aromatic N) is 11. The maximum atomic E-state index is 11.7. The molecule has 0 aromatic carbocycles. The molecule has 6 unspecified atom stereocenters. The molecule has 6 aromatic heterocycles. The number of nitrogens with two attached hydrogens (primary N) is 3. The van der Waals surface area contributed by atoms with E-state index in [1.807, 2.05) is 10.3 Å². The van der Waals surface area contributed by atoms with Gasteiger partial charge < -0.3 is 164 Å². The van der Waals surface area contributed by atoms with Crippen LogP contribution in [-0.2, 0) is 110 Å². The number of urea groups is 1. The number of rotatable bonds is 20. The highest BCUT2D eigenvalue weighted by atomic mass is 32.5. The number of imide groups is 1.